The van der Waals surface area contributed by atoms with Crippen molar-refractivity contribution in [2.75, 3.05) is 20.3 Å². The Bertz CT molecular complexity index is 776. The molecule has 0 fully saturated rings. The monoisotopic (exact) mass is 296 g/mol. The van der Waals surface area contributed by atoms with E-state index in [4.69, 9.17) is 4.74 Å². The van der Waals surface area contributed by atoms with Gasteiger partial charge >= 0.3 is 0 Å². The second-order valence-corrected chi connectivity index (χ2v) is 5.93. The van der Waals surface area contributed by atoms with Crippen molar-refractivity contribution in [3.05, 3.63) is 54.2 Å². The van der Waals surface area contributed by atoms with Crippen molar-refractivity contribution in [3.63, 3.8) is 0 Å². The first-order valence-corrected chi connectivity index (χ1v) is 7.62. The lowest BCUT2D eigenvalue weighted by molar-refractivity contribution is 0.0985. The molecule has 1 aliphatic heterocycles. The third kappa shape index (κ3) is 2.32. The summed E-state index contributed by atoms with van der Waals surface area (Å²) in [6.07, 6.45) is 5.89. The molecule has 1 N–H and O–H groups in total. The van der Waals surface area contributed by atoms with Gasteiger partial charge in [-0.3, -0.25) is 4.90 Å². The zero-order valence-electron chi connectivity index (χ0n) is 12.7. The third-order valence-corrected chi connectivity index (χ3v) is 4.43. The first-order chi connectivity index (χ1) is 10.8. The molecule has 4 rings (SSSR count). The lowest BCUT2D eigenvalue weighted by Gasteiger charge is -2.34. The molecule has 0 spiro atoms. The van der Waals surface area contributed by atoms with E-state index in [1.807, 2.05) is 18.7 Å². The minimum Gasteiger partial charge on any atom is -0.382 e. The highest BCUT2D eigenvalue weighted by atomic mass is 16.5. The van der Waals surface area contributed by atoms with E-state index in [1.54, 1.807) is 7.11 Å². The van der Waals surface area contributed by atoms with Crippen LogP contribution in [-0.4, -0.2) is 39.7 Å². The smallest absolute Gasteiger partial charge is 0.0952 e. The number of nitrogens with one attached hydrogen (secondary N) is 1. The lowest BCUT2D eigenvalue weighted by Crippen LogP contribution is -2.38. The van der Waals surface area contributed by atoms with Gasteiger partial charge in [0.25, 0.3) is 0 Å². The molecule has 2 aromatic heterocycles. The number of H-pyrrole nitrogens is 1. The summed E-state index contributed by atoms with van der Waals surface area (Å²) < 4.78 is 7.63. The minimum absolute atomic E-state index is 0.335. The number of nitrogens with zero attached hydrogens (tertiary/aromatic N) is 3. The number of aromatic amines is 1. The fourth-order valence-electron chi connectivity index (χ4n) is 3.44. The SMILES string of the molecule is COC[C@@H]1CN(Cc2cccc3[nH]ccc23)Cc2cncn21. The summed E-state index contributed by atoms with van der Waals surface area (Å²) in [6, 6.07) is 8.95. The van der Waals surface area contributed by atoms with Crippen LogP contribution in [-0.2, 0) is 17.8 Å². The molecule has 0 radical (unpaired) electrons. The maximum absolute atomic E-state index is 5.38. The van der Waals surface area contributed by atoms with Gasteiger partial charge in [-0.05, 0) is 17.7 Å². The van der Waals surface area contributed by atoms with Gasteiger partial charge in [-0.15, -0.1) is 0 Å². The summed E-state index contributed by atoms with van der Waals surface area (Å²) >= 11 is 0. The quantitative estimate of drug-likeness (QED) is 0.805. The van der Waals surface area contributed by atoms with E-state index in [0.29, 0.717) is 12.6 Å². The zero-order chi connectivity index (χ0) is 14.9. The van der Waals surface area contributed by atoms with Gasteiger partial charge in [0, 0.05) is 50.0 Å². The fraction of sp³-hybridized carbons (Fsp3) is 0.353. The second kappa shape index (κ2) is 5.59. The van der Waals surface area contributed by atoms with Crippen LogP contribution in [0, 0.1) is 0 Å². The minimum atomic E-state index is 0.335. The van der Waals surface area contributed by atoms with E-state index in [0.717, 1.165) is 19.6 Å². The Labute approximate surface area is 129 Å². The van der Waals surface area contributed by atoms with Crippen LogP contribution in [0.3, 0.4) is 0 Å². The van der Waals surface area contributed by atoms with Gasteiger partial charge in [0.15, 0.2) is 0 Å². The van der Waals surface area contributed by atoms with Gasteiger partial charge < -0.3 is 14.3 Å². The second-order valence-electron chi connectivity index (χ2n) is 5.93. The number of benzene rings is 1. The highest BCUT2D eigenvalue weighted by Gasteiger charge is 2.25. The molecule has 1 aliphatic rings. The Morgan fingerprint density at radius 3 is 3.23 bits per heavy atom. The molecule has 22 heavy (non-hydrogen) atoms. The van der Waals surface area contributed by atoms with Gasteiger partial charge in [0.1, 0.15) is 0 Å². The molecule has 1 aromatic carbocycles. The van der Waals surface area contributed by atoms with E-state index in [2.05, 4.69) is 43.7 Å². The summed E-state index contributed by atoms with van der Waals surface area (Å²) in [4.78, 5) is 10.1. The van der Waals surface area contributed by atoms with Crippen molar-refractivity contribution >= 4 is 10.9 Å². The molecular formula is C17H20N4O. The first-order valence-electron chi connectivity index (χ1n) is 7.62. The van der Waals surface area contributed by atoms with Crippen molar-refractivity contribution in [2.45, 2.75) is 19.1 Å². The Morgan fingerprint density at radius 1 is 1.36 bits per heavy atom. The van der Waals surface area contributed by atoms with Crippen molar-refractivity contribution < 1.29 is 4.74 Å². The van der Waals surface area contributed by atoms with Gasteiger partial charge in [0.05, 0.1) is 24.7 Å². The molecule has 0 unspecified atom stereocenters. The van der Waals surface area contributed by atoms with E-state index in [-0.39, 0.29) is 0 Å². The number of rotatable bonds is 4. The van der Waals surface area contributed by atoms with Crippen LogP contribution in [0.1, 0.15) is 17.3 Å². The number of fused-ring (bicyclic) bond motifs is 2. The largest absolute Gasteiger partial charge is 0.382 e. The van der Waals surface area contributed by atoms with Crippen LogP contribution in [0.2, 0.25) is 0 Å². The van der Waals surface area contributed by atoms with Gasteiger partial charge in [-0.1, -0.05) is 12.1 Å². The maximum Gasteiger partial charge on any atom is 0.0952 e. The maximum atomic E-state index is 5.38. The van der Waals surface area contributed by atoms with Crippen molar-refractivity contribution in [2.24, 2.45) is 0 Å². The predicted octanol–water partition coefficient (Wildman–Crippen LogP) is 2.57. The summed E-state index contributed by atoms with van der Waals surface area (Å²) in [6.45, 7) is 3.58. The van der Waals surface area contributed by atoms with Crippen LogP contribution >= 0.6 is 0 Å². The van der Waals surface area contributed by atoms with Gasteiger partial charge in [0.2, 0.25) is 0 Å². The summed E-state index contributed by atoms with van der Waals surface area (Å²) in [7, 11) is 1.76. The van der Waals surface area contributed by atoms with E-state index < -0.39 is 0 Å². The van der Waals surface area contributed by atoms with Crippen LogP contribution < -0.4 is 0 Å². The lowest BCUT2D eigenvalue weighted by atomic mass is 10.1. The molecule has 5 heteroatoms. The summed E-state index contributed by atoms with van der Waals surface area (Å²) in [5, 5.41) is 1.31. The third-order valence-electron chi connectivity index (χ3n) is 4.43. The molecule has 1 atom stereocenters. The Morgan fingerprint density at radius 2 is 2.32 bits per heavy atom. The molecule has 3 aromatic rings. The van der Waals surface area contributed by atoms with E-state index in [1.165, 1.54) is 22.2 Å². The Hall–Kier alpha value is -2.11. The first kappa shape index (κ1) is 13.5. The van der Waals surface area contributed by atoms with Crippen LogP contribution in [0.5, 0.6) is 0 Å². The summed E-state index contributed by atoms with van der Waals surface area (Å²) in [5.41, 5.74) is 3.82. The number of hydrogen-bond acceptors (Lipinski definition) is 3. The molecule has 3 heterocycles. The molecular weight excluding hydrogens is 276 g/mol. The zero-order valence-corrected chi connectivity index (χ0v) is 12.7. The standard InChI is InChI=1S/C17H20N4O/c1-22-11-15-10-20(9-14-7-18-12-21(14)15)8-13-3-2-4-17-16(13)5-6-19-17/h2-7,12,15,19H,8-11H2,1H3/t15-/m0/s1. The topological polar surface area (TPSA) is 46.1 Å². The molecule has 0 amide bonds. The normalized spacial score (nSPS) is 18.7. The molecule has 0 saturated heterocycles. The number of methoxy groups -OCH3 is 1. The molecule has 0 aliphatic carbocycles. The van der Waals surface area contributed by atoms with Crippen molar-refractivity contribution in [1.29, 1.82) is 0 Å². The van der Waals surface area contributed by atoms with Crippen molar-refractivity contribution in [3.8, 4) is 0 Å². The van der Waals surface area contributed by atoms with E-state index in [9.17, 15) is 0 Å². The number of ether oxygens (including phenoxy) is 1. The molecule has 0 bridgehead atoms. The van der Waals surface area contributed by atoms with E-state index >= 15 is 0 Å². The fourth-order valence-corrected chi connectivity index (χ4v) is 3.44. The summed E-state index contributed by atoms with van der Waals surface area (Å²) in [5.74, 6) is 0. The highest BCUT2D eigenvalue weighted by molar-refractivity contribution is 5.82. The molecule has 5 nitrogen and oxygen atoms in total. The van der Waals surface area contributed by atoms with Gasteiger partial charge in [-0.25, -0.2) is 4.98 Å². The number of hydrogen-bond donors (Lipinski definition) is 1. The van der Waals surface area contributed by atoms with Crippen LogP contribution in [0.15, 0.2) is 43.0 Å². The average molecular weight is 296 g/mol. The predicted molar refractivity (Wildman–Crippen MR) is 85.6 cm³/mol. The molecule has 0 saturated carbocycles. The molecule has 114 valence electrons. The number of imidazole rings is 1. The van der Waals surface area contributed by atoms with Crippen LogP contribution in [0.25, 0.3) is 10.9 Å². The Balaban J connectivity index is 1.60. The number of aromatic nitrogens is 3. The highest BCUT2D eigenvalue weighted by Crippen LogP contribution is 2.25. The average Bonchev–Trinajstić information content (AvgIpc) is 3.16. The van der Waals surface area contributed by atoms with Crippen molar-refractivity contribution in [1.82, 2.24) is 19.4 Å². The Kier molecular flexibility index (Phi) is 3.44. The van der Waals surface area contributed by atoms with Gasteiger partial charge in [-0.2, -0.15) is 0 Å². The van der Waals surface area contributed by atoms with Crippen LogP contribution in [0.4, 0.5) is 0 Å².